The van der Waals surface area contributed by atoms with Gasteiger partial charge in [-0.1, -0.05) is 24.3 Å². The number of carbonyl (C=O) groups excluding carboxylic acids is 2. The number of anilines is 2. The van der Waals surface area contributed by atoms with E-state index in [2.05, 4.69) is 25.6 Å². The Balaban J connectivity index is 1.25. The Morgan fingerprint density at radius 2 is 2.00 bits per heavy atom. The monoisotopic (exact) mass is 401 g/mol. The Bertz CT molecular complexity index is 1200. The molecule has 0 radical (unpaired) electrons. The molecule has 2 aromatic carbocycles. The Kier molecular flexibility index (Phi) is 4.47. The van der Waals surface area contributed by atoms with Gasteiger partial charge in [-0.3, -0.25) is 19.6 Å². The molecule has 5 rings (SSSR count). The predicted molar refractivity (Wildman–Crippen MR) is 111 cm³/mol. The topological polar surface area (TPSA) is 109 Å². The van der Waals surface area contributed by atoms with Gasteiger partial charge < -0.3 is 5.32 Å². The number of hydrogen-bond donors (Lipinski definition) is 2. The van der Waals surface area contributed by atoms with E-state index >= 15 is 0 Å². The first-order valence-electron chi connectivity index (χ1n) is 9.63. The lowest BCUT2D eigenvalue weighted by Gasteiger charge is -2.14. The number of rotatable bonds is 5. The largest absolute Gasteiger partial charge is 0.326 e. The van der Waals surface area contributed by atoms with E-state index < -0.39 is 5.92 Å². The average molecular weight is 401 g/mol. The molecule has 0 bridgehead atoms. The van der Waals surface area contributed by atoms with Crippen molar-refractivity contribution in [1.82, 2.24) is 25.0 Å². The minimum Gasteiger partial charge on any atom is -0.326 e. The van der Waals surface area contributed by atoms with Gasteiger partial charge in [0.25, 0.3) is 0 Å². The number of nitrogens with zero attached hydrogens (tertiary/aromatic N) is 5. The van der Waals surface area contributed by atoms with Crippen LogP contribution in [0.5, 0.6) is 0 Å². The number of para-hydroxylation sites is 1. The van der Waals surface area contributed by atoms with E-state index in [1.54, 1.807) is 15.9 Å². The van der Waals surface area contributed by atoms with Crippen LogP contribution in [-0.2, 0) is 16.1 Å². The van der Waals surface area contributed by atoms with Gasteiger partial charge in [-0.15, -0.1) is 0 Å². The van der Waals surface area contributed by atoms with Gasteiger partial charge in [0.05, 0.1) is 18.0 Å². The lowest BCUT2D eigenvalue weighted by molar-refractivity contribution is -0.122. The lowest BCUT2D eigenvalue weighted by atomic mass is 10.1. The molecule has 2 N–H and O–H groups in total. The molecule has 9 nitrogen and oxygen atoms in total. The van der Waals surface area contributed by atoms with Crippen LogP contribution < -0.4 is 10.2 Å². The molecule has 0 spiro atoms. The Morgan fingerprint density at radius 1 is 1.17 bits per heavy atom. The standard InChI is InChI=1S/C21H19N7O2/c29-19-9-15(11-28(19)20-17-3-1-2-4-18(17)25-26-20)21(30)24-16-7-5-14(6-8-16)10-27-13-22-12-23-27/h1-8,12-13,15H,9-11H2,(H,24,30)(H,25,26)/t15-/m1/s1. The Morgan fingerprint density at radius 3 is 2.80 bits per heavy atom. The number of H-pyrrole nitrogens is 1. The highest BCUT2D eigenvalue weighted by molar-refractivity contribution is 6.06. The zero-order valence-corrected chi connectivity index (χ0v) is 16.0. The van der Waals surface area contributed by atoms with Crippen LogP contribution in [-0.4, -0.2) is 43.3 Å². The summed E-state index contributed by atoms with van der Waals surface area (Å²) in [5.41, 5.74) is 2.60. The first-order chi connectivity index (χ1) is 14.7. The zero-order chi connectivity index (χ0) is 20.5. The molecule has 4 aromatic rings. The highest BCUT2D eigenvalue weighted by Crippen LogP contribution is 2.30. The van der Waals surface area contributed by atoms with Gasteiger partial charge in [0.2, 0.25) is 11.8 Å². The molecule has 0 saturated carbocycles. The van der Waals surface area contributed by atoms with Crippen molar-refractivity contribution in [2.24, 2.45) is 5.92 Å². The summed E-state index contributed by atoms with van der Waals surface area (Å²) in [7, 11) is 0. The van der Waals surface area contributed by atoms with Gasteiger partial charge >= 0.3 is 0 Å². The van der Waals surface area contributed by atoms with Crippen molar-refractivity contribution in [3.05, 3.63) is 66.7 Å². The zero-order valence-electron chi connectivity index (χ0n) is 16.0. The molecular formula is C21H19N7O2. The second-order valence-corrected chi connectivity index (χ2v) is 7.28. The van der Waals surface area contributed by atoms with E-state index in [9.17, 15) is 9.59 Å². The summed E-state index contributed by atoms with van der Waals surface area (Å²) in [6, 6.07) is 15.2. The molecular weight excluding hydrogens is 382 g/mol. The minimum absolute atomic E-state index is 0.101. The molecule has 0 aliphatic carbocycles. The number of fused-ring (bicyclic) bond motifs is 1. The predicted octanol–water partition coefficient (Wildman–Crippen LogP) is 2.19. The third kappa shape index (κ3) is 3.41. The van der Waals surface area contributed by atoms with Crippen LogP contribution in [0, 0.1) is 5.92 Å². The third-order valence-corrected chi connectivity index (χ3v) is 5.23. The second kappa shape index (κ2) is 7.43. The summed E-state index contributed by atoms with van der Waals surface area (Å²) in [4.78, 5) is 30.8. The van der Waals surface area contributed by atoms with Crippen LogP contribution in [0.15, 0.2) is 61.2 Å². The maximum Gasteiger partial charge on any atom is 0.229 e. The molecule has 1 aliphatic heterocycles. The molecule has 150 valence electrons. The van der Waals surface area contributed by atoms with Crippen LogP contribution in [0.1, 0.15) is 12.0 Å². The van der Waals surface area contributed by atoms with Gasteiger partial charge in [-0.2, -0.15) is 10.2 Å². The van der Waals surface area contributed by atoms with Gasteiger partial charge in [0, 0.05) is 24.0 Å². The van der Waals surface area contributed by atoms with E-state index in [4.69, 9.17) is 0 Å². The van der Waals surface area contributed by atoms with Crippen LogP contribution in [0.3, 0.4) is 0 Å². The summed E-state index contributed by atoms with van der Waals surface area (Å²) < 4.78 is 1.73. The molecule has 0 unspecified atom stereocenters. The Hall–Kier alpha value is -4.01. The van der Waals surface area contributed by atoms with Crippen molar-refractivity contribution in [1.29, 1.82) is 0 Å². The fourth-order valence-corrected chi connectivity index (χ4v) is 3.68. The van der Waals surface area contributed by atoms with Gasteiger partial charge in [-0.25, -0.2) is 9.67 Å². The Labute approximate surface area is 171 Å². The summed E-state index contributed by atoms with van der Waals surface area (Å²) in [6.45, 7) is 0.918. The third-order valence-electron chi connectivity index (χ3n) is 5.23. The number of nitrogens with one attached hydrogen (secondary N) is 2. The minimum atomic E-state index is -0.428. The van der Waals surface area contributed by atoms with E-state index in [0.29, 0.717) is 24.6 Å². The summed E-state index contributed by atoms with van der Waals surface area (Å²) >= 11 is 0. The molecule has 9 heteroatoms. The number of carbonyl (C=O) groups is 2. The first-order valence-corrected chi connectivity index (χ1v) is 9.63. The molecule has 1 saturated heterocycles. The maximum atomic E-state index is 12.7. The number of benzene rings is 2. The molecule has 1 atom stereocenters. The number of aromatic nitrogens is 5. The fourth-order valence-electron chi connectivity index (χ4n) is 3.68. The molecule has 1 aliphatic rings. The second-order valence-electron chi connectivity index (χ2n) is 7.28. The fraction of sp³-hybridized carbons (Fsp3) is 0.190. The molecule has 2 aromatic heterocycles. The molecule has 1 fully saturated rings. The molecule has 3 heterocycles. The highest BCUT2D eigenvalue weighted by atomic mass is 16.2. The smallest absolute Gasteiger partial charge is 0.229 e. The van der Waals surface area contributed by atoms with E-state index in [1.807, 2.05) is 48.5 Å². The van der Waals surface area contributed by atoms with Crippen molar-refractivity contribution >= 4 is 34.2 Å². The number of amides is 2. The normalized spacial score (nSPS) is 16.3. The first kappa shape index (κ1) is 18.0. The quantitative estimate of drug-likeness (QED) is 0.533. The maximum absolute atomic E-state index is 12.7. The van der Waals surface area contributed by atoms with Crippen LogP contribution in [0.2, 0.25) is 0 Å². The van der Waals surface area contributed by atoms with Gasteiger partial charge in [-0.05, 0) is 29.8 Å². The summed E-state index contributed by atoms with van der Waals surface area (Å²) in [6.07, 6.45) is 3.31. The van der Waals surface area contributed by atoms with E-state index in [-0.39, 0.29) is 18.2 Å². The van der Waals surface area contributed by atoms with Gasteiger partial charge in [0.15, 0.2) is 5.82 Å². The van der Waals surface area contributed by atoms with Crippen molar-refractivity contribution < 1.29 is 9.59 Å². The van der Waals surface area contributed by atoms with Crippen LogP contribution in [0.4, 0.5) is 11.5 Å². The number of aromatic amines is 1. The van der Waals surface area contributed by atoms with Crippen LogP contribution in [0.25, 0.3) is 10.9 Å². The average Bonchev–Trinajstić information content (AvgIpc) is 3.49. The van der Waals surface area contributed by atoms with E-state index in [0.717, 1.165) is 16.5 Å². The molecule has 30 heavy (non-hydrogen) atoms. The lowest BCUT2D eigenvalue weighted by Crippen LogP contribution is -2.28. The number of hydrogen-bond acceptors (Lipinski definition) is 5. The van der Waals surface area contributed by atoms with Crippen molar-refractivity contribution in [3.63, 3.8) is 0 Å². The summed E-state index contributed by atoms with van der Waals surface area (Å²) in [5, 5.41) is 15.1. The van der Waals surface area contributed by atoms with Crippen molar-refractivity contribution in [2.45, 2.75) is 13.0 Å². The SMILES string of the molecule is O=C(Nc1ccc(Cn2cncn2)cc1)[C@@H]1CC(=O)N(c2n[nH]c3ccccc23)C1. The van der Waals surface area contributed by atoms with Gasteiger partial charge in [0.1, 0.15) is 12.7 Å². The summed E-state index contributed by atoms with van der Waals surface area (Å²) in [5.74, 6) is -0.128. The highest BCUT2D eigenvalue weighted by Gasteiger charge is 2.36. The van der Waals surface area contributed by atoms with Crippen molar-refractivity contribution in [2.75, 3.05) is 16.8 Å². The van der Waals surface area contributed by atoms with E-state index in [1.165, 1.54) is 6.33 Å². The molecule has 2 amide bonds. The van der Waals surface area contributed by atoms with Crippen LogP contribution >= 0.6 is 0 Å². The van der Waals surface area contributed by atoms with Crippen molar-refractivity contribution in [3.8, 4) is 0 Å².